The fourth-order valence-corrected chi connectivity index (χ4v) is 1.24. The van der Waals surface area contributed by atoms with Crippen molar-refractivity contribution in [3.05, 3.63) is 36.7 Å². The summed E-state index contributed by atoms with van der Waals surface area (Å²) in [6, 6.07) is 3.92. The highest BCUT2D eigenvalue weighted by molar-refractivity contribution is 5.20. The lowest BCUT2D eigenvalue weighted by Crippen LogP contribution is -2.14. The molecule has 1 unspecified atom stereocenters. The Hall–Kier alpha value is -1.35. The molecule has 1 heterocycles. The molecule has 0 aliphatic carbocycles. The quantitative estimate of drug-likeness (QED) is 0.566. The number of nitrogens with one attached hydrogen (secondary N) is 1. The maximum Gasteiger partial charge on any atom is 0.138 e. The predicted molar refractivity (Wildman–Crippen MR) is 66.5 cm³/mol. The van der Waals surface area contributed by atoms with E-state index in [9.17, 15) is 0 Å². The van der Waals surface area contributed by atoms with Gasteiger partial charge in [0.05, 0.1) is 11.9 Å². The van der Waals surface area contributed by atoms with Crippen molar-refractivity contribution >= 4 is 0 Å². The van der Waals surface area contributed by atoms with E-state index in [0.29, 0.717) is 0 Å². The van der Waals surface area contributed by atoms with Gasteiger partial charge in [0.1, 0.15) is 11.9 Å². The molecule has 0 fully saturated rings. The lowest BCUT2D eigenvalue weighted by atomic mass is 10.3. The zero-order chi connectivity index (χ0) is 11.8. The van der Waals surface area contributed by atoms with Gasteiger partial charge in [-0.05, 0) is 32.0 Å². The summed E-state index contributed by atoms with van der Waals surface area (Å²) in [6.45, 7) is 9.60. The van der Waals surface area contributed by atoms with Crippen LogP contribution in [-0.2, 0) is 6.54 Å². The number of nitrogens with zero attached hydrogens (tertiary/aromatic N) is 1. The average Bonchev–Trinajstić information content (AvgIpc) is 2.31. The van der Waals surface area contributed by atoms with E-state index in [0.717, 1.165) is 31.0 Å². The summed E-state index contributed by atoms with van der Waals surface area (Å²) in [4.78, 5) is 4.32. The van der Waals surface area contributed by atoms with Gasteiger partial charge in [0.25, 0.3) is 0 Å². The molecule has 88 valence electrons. The molecule has 0 amide bonds. The van der Waals surface area contributed by atoms with E-state index in [1.807, 2.05) is 19.1 Å². The molecule has 3 heteroatoms. The van der Waals surface area contributed by atoms with Gasteiger partial charge in [0.15, 0.2) is 0 Å². The Morgan fingerprint density at radius 3 is 2.94 bits per heavy atom. The fraction of sp³-hybridized carbons (Fsp3) is 0.462. The summed E-state index contributed by atoms with van der Waals surface area (Å²) in [7, 11) is 0. The first-order valence-electron chi connectivity index (χ1n) is 5.71. The van der Waals surface area contributed by atoms with Gasteiger partial charge >= 0.3 is 0 Å². The highest BCUT2D eigenvalue weighted by Gasteiger charge is 1.99. The average molecular weight is 220 g/mol. The molecule has 0 saturated carbocycles. The van der Waals surface area contributed by atoms with Crippen LogP contribution in [0.2, 0.25) is 0 Å². The molecule has 1 atom stereocenters. The number of rotatable bonds is 7. The van der Waals surface area contributed by atoms with E-state index >= 15 is 0 Å². The first-order chi connectivity index (χ1) is 7.76. The van der Waals surface area contributed by atoms with Gasteiger partial charge in [-0.15, -0.1) is 0 Å². The standard InChI is InChI=1S/C13H20N2O/c1-4-8-14-9-12-6-7-13(10-15-12)16-11(3)5-2/h5-7,10-11,14H,2,4,8-9H2,1,3H3. The van der Waals surface area contributed by atoms with Crippen molar-refractivity contribution in [2.75, 3.05) is 6.54 Å². The van der Waals surface area contributed by atoms with Crippen LogP contribution in [0.4, 0.5) is 0 Å². The summed E-state index contributed by atoms with van der Waals surface area (Å²) in [5.74, 6) is 0.784. The monoisotopic (exact) mass is 220 g/mol. The predicted octanol–water partition coefficient (Wildman–Crippen LogP) is 2.53. The normalized spacial score (nSPS) is 12.1. The molecular weight excluding hydrogens is 200 g/mol. The van der Waals surface area contributed by atoms with Crippen LogP contribution in [0.3, 0.4) is 0 Å². The van der Waals surface area contributed by atoms with Crippen molar-refractivity contribution in [1.82, 2.24) is 10.3 Å². The summed E-state index contributed by atoms with van der Waals surface area (Å²) in [6.07, 6.45) is 4.67. The molecule has 0 aliphatic heterocycles. The maximum atomic E-state index is 5.54. The van der Waals surface area contributed by atoms with Crippen molar-refractivity contribution < 1.29 is 4.74 Å². The SMILES string of the molecule is C=CC(C)Oc1ccc(CNCCC)nc1. The zero-order valence-corrected chi connectivity index (χ0v) is 10.1. The lowest BCUT2D eigenvalue weighted by Gasteiger charge is -2.10. The second kappa shape index (κ2) is 7.01. The minimum atomic E-state index is 0.0193. The Bertz CT molecular complexity index is 308. The van der Waals surface area contributed by atoms with Gasteiger partial charge in [0.2, 0.25) is 0 Å². The largest absolute Gasteiger partial charge is 0.485 e. The Kier molecular flexibility index (Phi) is 5.57. The molecule has 1 rings (SSSR count). The van der Waals surface area contributed by atoms with Crippen molar-refractivity contribution in [3.8, 4) is 5.75 Å². The van der Waals surface area contributed by atoms with Crippen LogP contribution in [0.5, 0.6) is 5.75 Å². The number of hydrogen-bond donors (Lipinski definition) is 1. The first-order valence-corrected chi connectivity index (χ1v) is 5.71. The third-order valence-electron chi connectivity index (χ3n) is 2.18. The fourth-order valence-electron chi connectivity index (χ4n) is 1.24. The van der Waals surface area contributed by atoms with E-state index < -0.39 is 0 Å². The Morgan fingerprint density at radius 1 is 1.56 bits per heavy atom. The molecule has 1 aromatic rings. The summed E-state index contributed by atoms with van der Waals surface area (Å²) in [5, 5.41) is 3.30. The third-order valence-corrected chi connectivity index (χ3v) is 2.18. The molecule has 1 N–H and O–H groups in total. The van der Waals surface area contributed by atoms with Crippen LogP contribution in [0.15, 0.2) is 31.0 Å². The molecular formula is C13H20N2O. The number of hydrogen-bond acceptors (Lipinski definition) is 3. The van der Waals surface area contributed by atoms with Crippen LogP contribution in [-0.4, -0.2) is 17.6 Å². The molecule has 0 bridgehead atoms. The Balaban J connectivity index is 2.44. The van der Waals surface area contributed by atoms with Gasteiger partial charge in [-0.1, -0.05) is 19.6 Å². The molecule has 1 aromatic heterocycles. The summed E-state index contributed by atoms with van der Waals surface area (Å²) >= 11 is 0. The molecule has 0 aliphatic rings. The van der Waals surface area contributed by atoms with Gasteiger partial charge in [-0.3, -0.25) is 4.98 Å². The third kappa shape index (κ3) is 4.45. The van der Waals surface area contributed by atoms with Crippen LogP contribution in [0.1, 0.15) is 26.0 Å². The smallest absolute Gasteiger partial charge is 0.138 e. The van der Waals surface area contributed by atoms with E-state index in [4.69, 9.17) is 4.74 Å². The van der Waals surface area contributed by atoms with E-state index in [2.05, 4.69) is 23.8 Å². The topological polar surface area (TPSA) is 34.1 Å². The van der Waals surface area contributed by atoms with Crippen molar-refractivity contribution in [2.24, 2.45) is 0 Å². The second-order valence-corrected chi connectivity index (χ2v) is 3.72. The molecule has 3 nitrogen and oxygen atoms in total. The molecule has 0 saturated heterocycles. The highest BCUT2D eigenvalue weighted by Crippen LogP contribution is 2.11. The molecule has 16 heavy (non-hydrogen) atoms. The number of aromatic nitrogens is 1. The van der Waals surface area contributed by atoms with E-state index in [1.54, 1.807) is 12.3 Å². The van der Waals surface area contributed by atoms with Crippen LogP contribution >= 0.6 is 0 Å². The summed E-state index contributed by atoms with van der Waals surface area (Å²) in [5.41, 5.74) is 1.03. The maximum absolute atomic E-state index is 5.54. The van der Waals surface area contributed by atoms with Crippen LogP contribution in [0, 0.1) is 0 Å². The van der Waals surface area contributed by atoms with Gasteiger partial charge in [0, 0.05) is 6.54 Å². The lowest BCUT2D eigenvalue weighted by molar-refractivity contribution is 0.269. The van der Waals surface area contributed by atoms with Crippen molar-refractivity contribution in [2.45, 2.75) is 32.9 Å². The summed E-state index contributed by atoms with van der Waals surface area (Å²) < 4.78 is 5.54. The zero-order valence-electron chi connectivity index (χ0n) is 10.1. The van der Waals surface area contributed by atoms with Gasteiger partial charge < -0.3 is 10.1 Å². The molecule has 0 radical (unpaired) electrons. The number of ether oxygens (including phenoxy) is 1. The van der Waals surface area contributed by atoms with Crippen molar-refractivity contribution in [1.29, 1.82) is 0 Å². The Labute approximate surface area is 97.5 Å². The molecule has 0 spiro atoms. The molecule has 0 aromatic carbocycles. The first kappa shape index (κ1) is 12.7. The minimum Gasteiger partial charge on any atom is -0.485 e. The number of pyridine rings is 1. The van der Waals surface area contributed by atoms with E-state index in [1.165, 1.54) is 0 Å². The second-order valence-electron chi connectivity index (χ2n) is 3.72. The van der Waals surface area contributed by atoms with Crippen LogP contribution in [0.25, 0.3) is 0 Å². The Morgan fingerprint density at radius 2 is 2.38 bits per heavy atom. The van der Waals surface area contributed by atoms with Gasteiger partial charge in [-0.25, -0.2) is 0 Å². The van der Waals surface area contributed by atoms with Gasteiger partial charge in [-0.2, -0.15) is 0 Å². The highest BCUT2D eigenvalue weighted by atomic mass is 16.5. The van der Waals surface area contributed by atoms with Crippen molar-refractivity contribution in [3.63, 3.8) is 0 Å². The van der Waals surface area contributed by atoms with E-state index in [-0.39, 0.29) is 6.10 Å². The minimum absolute atomic E-state index is 0.0193. The van der Waals surface area contributed by atoms with Crippen LogP contribution < -0.4 is 10.1 Å².